The predicted octanol–water partition coefficient (Wildman–Crippen LogP) is 4.35. The molecule has 1 nitrogen and oxygen atoms in total. The highest BCUT2D eigenvalue weighted by atomic mass is 35.5. The van der Waals surface area contributed by atoms with Crippen molar-refractivity contribution in [2.45, 2.75) is 11.0 Å². The molecule has 0 N–H and O–H groups in total. The van der Waals surface area contributed by atoms with Crippen LogP contribution in [0.2, 0.25) is 5.02 Å². The molecule has 7 heteroatoms. The van der Waals surface area contributed by atoms with Crippen molar-refractivity contribution in [3.05, 3.63) is 34.3 Å². The van der Waals surface area contributed by atoms with E-state index in [0.717, 1.165) is 12.1 Å². The number of carbonyl (C=O) groups excluding carboxylic acids is 1. The van der Waals surface area contributed by atoms with Gasteiger partial charge in [-0.05, 0) is 12.1 Å². The van der Waals surface area contributed by atoms with Crippen LogP contribution in [-0.2, 0) is 6.18 Å². The lowest BCUT2D eigenvalue weighted by atomic mass is 10.1. The summed E-state index contributed by atoms with van der Waals surface area (Å²) in [5.74, 6) is -0.695. The van der Waals surface area contributed by atoms with Crippen molar-refractivity contribution < 1.29 is 18.0 Å². The molecule has 0 aliphatic carbocycles. The van der Waals surface area contributed by atoms with Gasteiger partial charge in [0.05, 0.1) is 10.6 Å². The summed E-state index contributed by atoms with van der Waals surface area (Å²) in [5.41, 5.74) is -1.07. The first kappa shape index (κ1) is 13.6. The second-order valence-corrected chi connectivity index (χ2v) is 4.36. The molecule has 0 saturated heterocycles. The van der Waals surface area contributed by atoms with Crippen LogP contribution in [0, 0.1) is 0 Å². The molecule has 0 aliphatic heterocycles. The summed E-state index contributed by atoms with van der Waals surface area (Å²) in [4.78, 5) is 9.93. The second-order valence-electron chi connectivity index (χ2n) is 2.86. The predicted molar refractivity (Wildman–Crippen MR) is 56.3 cm³/mol. The van der Waals surface area contributed by atoms with Gasteiger partial charge in [-0.3, -0.25) is 4.79 Å². The van der Waals surface area contributed by atoms with Crippen LogP contribution in [-0.4, -0.2) is 10.6 Å². The van der Waals surface area contributed by atoms with Gasteiger partial charge in [0.1, 0.15) is 0 Å². The van der Waals surface area contributed by atoms with E-state index in [0.29, 0.717) is 6.07 Å². The molecule has 1 aromatic rings. The minimum Gasteiger partial charge on any atom is -0.291 e. The molecular formula is C9H4Cl3F3O. The van der Waals surface area contributed by atoms with Gasteiger partial charge in [-0.1, -0.05) is 40.9 Å². The number of halogens is 6. The van der Waals surface area contributed by atoms with Gasteiger partial charge in [0.25, 0.3) is 0 Å². The third-order valence-corrected chi connectivity index (χ3v) is 2.47. The van der Waals surface area contributed by atoms with E-state index in [4.69, 9.17) is 34.8 Å². The maximum absolute atomic E-state index is 12.3. The number of rotatable bonds is 2. The van der Waals surface area contributed by atoms with Gasteiger partial charge in [-0.2, -0.15) is 13.2 Å². The quantitative estimate of drug-likeness (QED) is 0.585. The first-order chi connectivity index (χ1) is 7.23. The van der Waals surface area contributed by atoms with Crippen molar-refractivity contribution in [3.63, 3.8) is 0 Å². The number of carbonyl (C=O) groups is 1. The number of benzene rings is 1. The fraction of sp³-hybridized carbons (Fsp3) is 0.222. The first-order valence-electron chi connectivity index (χ1n) is 3.92. The summed E-state index contributed by atoms with van der Waals surface area (Å²) in [7, 11) is 0. The van der Waals surface area contributed by atoms with Gasteiger partial charge in [0, 0.05) is 5.56 Å². The van der Waals surface area contributed by atoms with E-state index in [1.54, 1.807) is 0 Å². The van der Waals surface area contributed by atoms with Crippen molar-refractivity contribution >= 4 is 40.6 Å². The Balaban J connectivity index is 3.15. The fourth-order valence-corrected chi connectivity index (χ4v) is 1.56. The molecule has 1 aromatic carbocycles. The van der Waals surface area contributed by atoms with Crippen molar-refractivity contribution in [1.82, 2.24) is 0 Å². The summed E-state index contributed by atoms with van der Waals surface area (Å²) in [6.07, 6.45) is -4.56. The second kappa shape index (κ2) is 4.82. The van der Waals surface area contributed by atoms with Crippen LogP contribution in [0.3, 0.4) is 0 Å². The first-order valence-corrected chi connectivity index (χ1v) is 5.17. The molecule has 0 aromatic heterocycles. The van der Waals surface area contributed by atoms with E-state index in [-0.39, 0.29) is 5.56 Å². The zero-order valence-corrected chi connectivity index (χ0v) is 9.75. The lowest BCUT2D eigenvalue weighted by molar-refractivity contribution is -0.137. The zero-order valence-electron chi connectivity index (χ0n) is 7.49. The molecule has 0 fully saturated rings. The molecule has 0 atom stereocenters. The average molecular weight is 291 g/mol. The van der Waals surface area contributed by atoms with Crippen LogP contribution in [0.4, 0.5) is 13.2 Å². The third kappa shape index (κ3) is 3.03. The lowest BCUT2D eigenvalue weighted by Crippen LogP contribution is -2.10. The maximum Gasteiger partial charge on any atom is 0.417 e. The number of alkyl halides is 5. The van der Waals surface area contributed by atoms with Crippen LogP contribution in [0.5, 0.6) is 0 Å². The highest BCUT2D eigenvalue weighted by Crippen LogP contribution is 2.35. The van der Waals surface area contributed by atoms with E-state index < -0.39 is 27.4 Å². The molecule has 0 heterocycles. The van der Waals surface area contributed by atoms with Crippen LogP contribution in [0.25, 0.3) is 0 Å². The van der Waals surface area contributed by atoms with E-state index in [9.17, 15) is 18.0 Å². The van der Waals surface area contributed by atoms with E-state index in [2.05, 4.69) is 0 Å². The van der Waals surface area contributed by atoms with Crippen molar-refractivity contribution in [2.75, 3.05) is 0 Å². The van der Waals surface area contributed by atoms with E-state index >= 15 is 0 Å². The highest BCUT2D eigenvalue weighted by molar-refractivity contribution is 6.55. The van der Waals surface area contributed by atoms with Gasteiger partial charge in [-0.25, -0.2) is 0 Å². The SMILES string of the molecule is O=C(c1ccc(C(F)(F)F)c(Cl)c1)C(Cl)Cl. The molecule has 0 saturated carbocycles. The molecule has 0 spiro atoms. The van der Waals surface area contributed by atoms with Crippen LogP contribution >= 0.6 is 34.8 Å². The lowest BCUT2D eigenvalue weighted by Gasteiger charge is -2.10. The van der Waals surface area contributed by atoms with Crippen LogP contribution in [0.15, 0.2) is 18.2 Å². The Morgan fingerprint density at radius 1 is 1.25 bits per heavy atom. The number of hydrogen-bond acceptors (Lipinski definition) is 1. The minimum absolute atomic E-state index is 0.0620. The average Bonchev–Trinajstić information content (AvgIpc) is 2.14. The molecule has 88 valence electrons. The molecular weight excluding hydrogens is 287 g/mol. The fourth-order valence-electron chi connectivity index (χ4n) is 1.02. The standard InChI is InChI=1S/C9H4Cl3F3O/c10-6-3-4(7(16)8(11)12)1-2-5(6)9(13,14)15/h1-3,8H. The maximum atomic E-state index is 12.3. The molecule has 16 heavy (non-hydrogen) atoms. The third-order valence-electron chi connectivity index (χ3n) is 1.76. The smallest absolute Gasteiger partial charge is 0.291 e. The Labute approximate surface area is 104 Å². The molecule has 0 radical (unpaired) electrons. The van der Waals surface area contributed by atoms with Gasteiger partial charge >= 0.3 is 6.18 Å². The van der Waals surface area contributed by atoms with Crippen molar-refractivity contribution in [2.24, 2.45) is 0 Å². The highest BCUT2D eigenvalue weighted by Gasteiger charge is 2.33. The Morgan fingerprint density at radius 3 is 2.19 bits per heavy atom. The van der Waals surface area contributed by atoms with Crippen molar-refractivity contribution in [3.8, 4) is 0 Å². The molecule has 0 amide bonds. The summed E-state index contributed by atoms with van der Waals surface area (Å²) in [5, 5.41) is -0.563. The Bertz CT molecular complexity index is 415. The summed E-state index contributed by atoms with van der Waals surface area (Å²) in [6.45, 7) is 0. The Morgan fingerprint density at radius 2 is 1.81 bits per heavy atom. The van der Waals surface area contributed by atoms with Gasteiger partial charge in [-0.15, -0.1) is 0 Å². The monoisotopic (exact) mass is 290 g/mol. The summed E-state index contributed by atoms with van der Waals surface area (Å²) in [6, 6.07) is 2.59. The summed E-state index contributed by atoms with van der Waals surface area (Å²) >= 11 is 16.0. The normalized spacial score (nSPS) is 11.9. The van der Waals surface area contributed by atoms with Crippen LogP contribution in [0.1, 0.15) is 15.9 Å². The van der Waals surface area contributed by atoms with E-state index in [1.807, 2.05) is 0 Å². The van der Waals surface area contributed by atoms with Gasteiger partial charge in [0.2, 0.25) is 0 Å². The van der Waals surface area contributed by atoms with Gasteiger partial charge < -0.3 is 0 Å². The molecule has 0 unspecified atom stereocenters. The topological polar surface area (TPSA) is 17.1 Å². The van der Waals surface area contributed by atoms with Crippen LogP contribution < -0.4 is 0 Å². The van der Waals surface area contributed by atoms with Crippen molar-refractivity contribution in [1.29, 1.82) is 0 Å². The Kier molecular flexibility index (Phi) is 4.10. The number of ketones is 1. The Hall–Kier alpha value is -0.450. The number of hydrogen-bond donors (Lipinski definition) is 0. The van der Waals surface area contributed by atoms with Gasteiger partial charge in [0.15, 0.2) is 10.6 Å². The molecule has 0 aliphatic rings. The minimum atomic E-state index is -4.56. The molecule has 0 bridgehead atoms. The summed E-state index contributed by atoms with van der Waals surface area (Å²) < 4.78 is 37.0. The van der Waals surface area contributed by atoms with E-state index in [1.165, 1.54) is 0 Å². The number of Topliss-reactive ketones (excluding diaryl/α,β-unsaturated/α-hetero) is 1. The molecule has 1 rings (SSSR count). The largest absolute Gasteiger partial charge is 0.417 e. The zero-order chi connectivity index (χ0) is 12.5.